The molecule has 0 spiro atoms. The van der Waals surface area contributed by atoms with Gasteiger partial charge in [-0.2, -0.15) is 5.10 Å². The first kappa shape index (κ1) is 9.89. The normalized spacial score (nSPS) is 11.1. The summed E-state index contributed by atoms with van der Waals surface area (Å²) >= 11 is 4.41. The summed E-state index contributed by atoms with van der Waals surface area (Å²) in [6.45, 7) is 0. The minimum atomic E-state index is -3.63. The first-order valence-electron chi connectivity index (χ1n) is 3.08. The Morgan fingerprint density at radius 2 is 2.38 bits per heavy atom. The fraction of sp³-hybridized carbons (Fsp3) is 0. The van der Waals surface area contributed by atoms with Gasteiger partial charge in [-0.15, -0.1) is 4.83 Å². The lowest BCUT2D eigenvalue weighted by Gasteiger charge is -2.04. The zero-order chi connectivity index (χ0) is 9.90. The average Bonchev–Trinajstić information content (AvgIpc) is 2.53. The Labute approximate surface area is 79.7 Å². The fourth-order valence-corrected chi connectivity index (χ4v) is 1.44. The highest BCUT2D eigenvalue weighted by Gasteiger charge is 2.14. The molecular formula is C4H7N5O2S2. The van der Waals surface area contributed by atoms with Crippen molar-refractivity contribution in [2.45, 2.75) is 4.90 Å². The van der Waals surface area contributed by atoms with Gasteiger partial charge in [0.1, 0.15) is 4.90 Å². The van der Waals surface area contributed by atoms with Crippen LogP contribution < -0.4 is 16.0 Å². The molecular weight excluding hydrogens is 214 g/mol. The summed E-state index contributed by atoms with van der Waals surface area (Å²) in [5.41, 5.74) is 7.13. The molecule has 0 saturated heterocycles. The number of aromatic nitrogens is 2. The van der Waals surface area contributed by atoms with E-state index in [1.54, 1.807) is 0 Å². The number of H-pyrrole nitrogens is 1. The number of hydrogen-bond donors (Lipinski definition) is 4. The van der Waals surface area contributed by atoms with E-state index >= 15 is 0 Å². The van der Waals surface area contributed by atoms with Gasteiger partial charge in [-0.05, 0) is 12.2 Å². The Kier molecular flexibility index (Phi) is 2.80. The molecule has 0 aliphatic heterocycles. The summed E-state index contributed by atoms with van der Waals surface area (Å²) in [6, 6.07) is 0. The third kappa shape index (κ3) is 2.65. The van der Waals surface area contributed by atoms with Crippen LogP contribution in [0.3, 0.4) is 0 Å². The molecule has 1 heterocycles. The number of thiocarbonyl (C=S) groups is 1. The molecule has 9 heteroatoms. The smallest absolute Gasteiger partial charge is 0.260 e. The number of nitrogens with zero attached hydrogens (tertiary/aromatic N) is 1. The third-order valence-corrected chi connectivity index (χ3v) is 2.41. The quantitative estimate of drug-likeness (QED) is 0.362. The first-order valence-corrected chi connectivity index (χ1v) is 4.97. The largest absolute Gasteiger partial charge is 0.375 e. The lowest BCUT2D eigenvalue weighted by molar-refractivity contribution is 0.577. The molecule has 1 rings (SSSR count). The molecule has 0 aromatic carbocycles. The van der Waals surface area contributed by atoms with Gasteiger partial charge in [0.05, 0.1) is 6.20 Å². The monoisotopic (exact) mass is 221 g/mol. The lowest BCUT2D eigenvalue weighted by atomic mass is 10.7. The minimum Gasteiger partial charge on any atom is -0.375 e. The Balaban J connectivity index is 2.74. The molecule has 0 fully saturated rings. The van der Waals surface area contributed by atoms with Gasteiger partial charge in [0.15, 0.2) is 5.11 Å². The molecule has 72 valence electrons. The summed E-state index contributed by atoms with van der Waals surface area (Å²) < 4.78 is 22.5. The zero-order valence-corrected chi connectivity index (χ0v) is 7.95. The number of sulfonamides is 1. The lowest BCUT2D eigenvalue weighted by Crippen LogP contribution is -2.44. The van der Waals surface area contributed by atoms with E-state index in [4.69, 9.17) is 5.73 Å². The highest BCUT2D eigenvalue weighted by atomic mass is 32.2. The van der Waals surface area contributed by atoms with Crippen LogP contribution in [-0.2, 0) is 10.0 Å². The molecule has 0 amide bonds. The van der Waals surface area contributed by atoms with Gasteiger partial charge in [0.2, 0.25) is 0 Å². The third-order valence-electron chi connectivity index (χ3n) is 1.09. The summed E-state index contributed by atoms with van der Waals surface area (Å²) in [5.74, 6) is 0. The Morgan fingerprint density at radius 3 is 2.85 bits per heavy atom. The molecule has 0 radical (unpaired) electrons. The molecule has 5 N–H and O–H groups in total. The number of hydrogen-bond acceptors (Lipinski definition) is 4. The van der Waals surface area contributed by atoms with Crippen LogP contribution in [0, 0.1) is 0 Å². The Bertz CT molecular complexity index is 383. The first-order chi connectivity index (χ1) is 6.02. The van der Waals surface area contributed by atoms with Crippen molar-refractivity contribution in [1.29, 1.82) is 0 Å². The average molecular weight is 221 g/mol. The van der Waals surface area contributed by atoms with Crippen molar-refractivity contribution in [3.8, 4) is 0 Å². The maximum Gasteiger partial charge on any atom is 0.260 e. The van der Waals surface area contributed by atoms with E-state index in [1.807, 2.05) is 4.83 Å². The van der Waals surface area contributed by atoms with Crippen molar-refractivity contribution < 1.29 is 8.42 Å². The van der Waals surface area contributed by atoms with Crippen molar-refractivity contribution in [2.75, 3.05) is 0 Å². The van der Waals surface area contributed by atoms with Crippen LogP contribution in [0.25, 0.3) is 0 Å². The second-order valence-corrected chi connectivity index (χ2v) is 4.15. The molecule has 13 heavy (non-hydrogen) atoms. The number of rotatable bonds is 3. The topological polar surface area (TPSA) is 113 Å². The van der Waals surface area contributed by atoms with Gasteiger partial charge in [0, 0.05) is 6.20 Å². The molecule has 1 aromatic heterocycles. The van der Waals surface area contributed by atoms with Crippen molar-refractivity contribution in [2.24, 2.45) is 5.73 Å². The van der Waals surface area contributed by atoms with Crippen LogP contribution in [0.2, 0.25) is 0 Å². The van der Waals surface area contributed by atoms with Crippen molar-refractivity contribution in [3.05, 3.63) is 12.4 Å². The van der Waals surface area contributed by atoms with E-state index in [2.05, 4.69) is 27.8 Å². The van der Waals surface area contributed by atoms with Gasteiger partial charge in [0.25, 0.3) is 10.0 Å². The molecule has 1 aromatic rings. The van der Waals surface area contributed by atoms with E-state index in [0.717, 1.165) is 6.20 Å². The predicted octanol–water partition coefficient (Wildman–Crippen LogP) is -1.56. The summed E-state index contributed by atoms with van der Waals surface area (Å²) in [5, 5.41) is 5.68. The maximum atomic E-state index is 11.2. The van der Waals surface area contributed by atoms with Crippen molar-refractivity contribution in [3.63, 3.8) is 0 Å². The Morgan fingerprint density at radius 1 is 1.69 bits per heavy atom. The van der Waals surface area contributed by atoms with Crippen molar-refractivity contribution >= 4 is 27.4 Å². The van der Waals surface area contributed by atoms with E-state index < -0.39 is 10.0 Å². The van der Waals surface area contributed by atoms with Gasteiger partial charge < -0.3 is 5.73 Å². The molecule has 0 atom stereocenters. The van der Waals surface area contributed by atoms with E-state index in [9.17, 15) is 8.42 Å². The number of aromatic amines is 1. The van der Waals surface area contributed by atoms with Gasteiger partial charge in [-0.3, -0.25) is 10.5 Å². The molecule has 0 aliphatic carbocycles. The molecule has 0 unspecified atom stereocenters. The van der Waals surface area contributed by atoms with Crippen LogP contribution in [0.1, 0.15) is 0 Å². The Hall–Kier alpha value is -1.19. The van der Waals surface area contributed by atoms with E-state index in [1.165, 1.54) is 6.20 Å². The number of nitrogens with two attached hydrogens (primary N) is 1. The van der Waals surface area contributed by atoms with E-state index in [-0.39, 0.29) is 10.0 Å². The summed E-state index contributed by atoms with van der Waals surface area (Å²) in [7, 11) is -3.63. The highest BCUT2D eigenvalue weighted by molar-refractivity contribution is 7.89. The maximum absolute atomic E-state index is 11.2. The summed E-state index contributed by atoms with van der Waals surface area (Å²) in [6.07, 6.45) is 2.38. The van der Waals surface area contributed by atoms with Crippen LogP contribution in [-0.4, -0.2) is 23.7 Å². The second-order valence-electron chi connectivity index (χ2n) is 2.03. The highest BCUT2D eigenvalue weighted by Crippen LogP contribution is 2.02. The van der Waals surface area contributed by atoms with Gasteiger partial charge >= 0.3 is 0 Å². The van der Waals surface area contributed by atoms with Crippen LogP contribution >= 0.6 is 12.2 Å². The molecule has 0 aliphatic rings. The van der Waals surface area contributed by atoms with Gasteiger partial charge in [-0.1, -0.05) is 0 Å². The van der Waals surface area contributed by atoms with Crippen molar-refractivity contribution in [1.82, 2.24) is 20.5 Å². The number of nitrogens with one attached hydrogen (secondary N) is 3. The SMILES string of the molecule is NC(=S)NNS(=O)(=O)c1cn[nH]c1. The molecule has 0 bridgehead atoms. The fourth-order valence-electron chi connectivity index (χ4n) is 0.562. The zero-order valence-electron chi connectivity index (χ0n) is 6.31. The second kappa shape index (κ2) is 3.68. The molecule has 0 saturated carbocycles. The van der Waals surface area contributed by atoms with Gasteiger partial charge in [-0.25, -0.2) is 8.42 Å². The minimum absolute atomic E-state index is 0.00347. The van der Waals surface area contributed by atoms with Crippen LogP contribution in [0.15, 0.2) is 17.3 Å². The standard InChI is InChI=1S/C4H7N5O2S2/c5-4(12)8-9-13(10,11)3-1-6-7-2-3/h1-2,9H,(H,6,7)(H3,5,8,12). The van der Waals surface area contributed by atoms with Crippen LogP contribution in [0.5, 0.6) is 0 Å². The number of hydrazine groups is 1. The predicted molar refractivity (Wildman–Crippen MR) is 48.8 cm³/mol. The summed E-state index contributed by atoms with van der Waals surface area (Å²) in [4.78, 5) is 1.95. The van der Waals surface area contributed by atoms with Crippen LogP contribution in [0.4, 0.5) is 0 Å². The molecule has 7 nitrogen and oxygen atoms in total. The van der Waals surface area contributed by atoms with E-state index in [0.29, 0.717) is 0 Å².